The highest BCUT2D eigenvalue weighted by atomic mass is 16.6. The van der Waals surface area contributed by atoms with Gasteiger partial charge in [0, 0.05) is 13.1 Å². The van der Waals surface area contributed by atoms with Crippen molar-refractivity contribution in [2.75, 3.05) is 6.54 Å². The monoisotopic (exact) mass is 581 g/mol. The molecule has 2 rings (SSSR count). The summed E-state index contributed by atoms with van der Waals surface area (Å²) >= 11 is 0. The predicted octanol–water partition coefficient (Wildman–Crippen LogP) is 6.80. The molecule has 3 N–H and O–H groups in total. The number of unbranched alkanes of at least 4 members (excludes halogenated alkanes) is 4. The van der Waals surface area contributed by atoms with E-state index in [4.69, 9.17) is 4.74 Å². The molecule has 0 aliphatic carbocycles. The van der Waals surface area contributed by atoms with Crippen molar-refractivity contribution in [1.29, 1.82) is 0 Å². The Kier molecular flexibility index (Phi) is 13.8. The van der Waals surface area contributed by atoms with Crippen LogP contribution in [0.2, 0.25) is 0 Å². The molecule has 0 spiro atoms. The minimum Gasteiger partial charge on any atom is -0.508 e. The van der Waals surface area contributed by atoms with E-state index in [1.54, 1.807) is 50.8 Å². The minimum atomic E-state index is -0.960. The van der Waals surface area contributed by atoms with Crippen molar-refractivity contribution in [1.82, 2.24) is 15.5 Å². The van der Waals surface area contributed by atoms with Crippen LogP contribution >= 0.6 is 0 Å². The number of nitrogens with one attached hydrogen (secondary N) is 2. The number of nitrogens with zero attached hydrogens (tertiary/aromatic N) is 1. The first-order valence-electron chi connectivity index (χ1n) is 15.3. The zero-order valence-corrected chi connectivity index (χ0v) is 26.5. The van der Waals surface area contributed by atoms with Crippen LogP contribution in [0.25, 0.3) is 0 Å². The molecule has 0 saturated carbocycles. The fourth-order valence-corrected chi connectivity index (χ4v) is 4.75. The van der Waals surface area contributed by atoms with E-state index >= 15 is 0 Å². The van der Waals surface area contributed by atoms with E-state index in [2.05, 4.69) is 17.6 Å². The lowest BCUT2D eigenvalue weighted by molar-refractivity contribution is -0.143. The Hall–Kier alpha value is -3.55. The Morgan fingerprint density at radius 2 is 1.64 bits per heavy atom. The summed E-state index contributed by atoms with van der Waals surface area (Å²) in [6, 6.07) is 12.7. The van der Waals surface area contributed by atoms with E-state index in [0.717, 1.165) is 31.2 Å². The molecular formula is C34H51N3O5. The molecule has 0 aliphatic heterocycles. The summed E-state index contributed by atoms with van der Waals surface area (Å²) in [5, 5.41) is 16.1. The van der Waals surface area contributed by atoms with Crippen molar-refractivity contribution in [3.05, 3.63) is 65.2 Å². The van der Waals surface area contributed by atoms with E-state index in [1.165, 1.54) is 0 Å². The number of phenols is 1. The van der Waals surface area contributed by atoms with Gasteiger partial charge in [0.15, 0.2) is 0 Å². The van der Waals surface area contributed by atoms with Gasteiger partial charge in [0.25, 0.3) is 0 Å². The van der Waals surface area contributed by atoms with E-state index < -0.39 is 23.8 Å². The number of rotatable bonds is 15. The highest BCUT2D eigenvalue weighted by Gasteiger charge is 2.38. The molecule has 0 heterocycles. The predicted molar refractivity (Wildman–Crippen MR) is 167 cm³/mol. The Bertz CT molecular complexity index is 1150. The first kappa shape index (κ1) is 34.7. The molecule has 0 fully saturated rings. The van der Waals surface area contributed by atoms with Crippen molar-refractivity contribution in [2.45, 2.75) is 111 Å². The summed E-state index contributed by atoms with van der Waals surface area (Å²) in [6.45, 7) is 13.8. The Morgan fingerprint density at radius 3 is 2.24 bits per heavy atom. The summed E-state index contributed by atoms with van der Waals surface area (Å²) in [7, 11) is 0. The molecule has 2 aromatic rings. The molecule has 3 amide bonds. The van der Waals surface area contributed by atoms with E-state index in [0.29, 0.717) is 37.1 Å². The molecule has 0 saturated heterocycles. The zero-order chi connectivity index (χ0) is 31.3. The van der Waals surface area contributed by atoms with Gasteiger partial charge >= 0.3 is 6.09 Å². The second-order valence-electron chi connectivity index (χ2n) is 12.1. The van der Waals surface area contributed by atoms with Gasteiger partial charge in [0.05, 0.1) is 0 Å². The number of aryl methyl sites for hydroxylation is 1. The van der Waals surface area contributed by atoms with Gasteiger partial charge in [-0.15, -0.1) is 0 Å². The number of aromatic hydroxyl groups is 1. The van der Waals surface area contributed by atoms with Gasteiger partial charge < -0.3 is 25.4 Å². The largest absolute Gasteiger partial charge is 0.508 e. The number of benzene rings is 2. The molecule has 8 heteroatoms. The second-order valence-corrected chi connectivity index (χ2v) is 12.1. The summed E-state index contributed by atoms with van der Waals surface area (Å²) in [6.07, 6.45) is 4.82. The fraction of sp³-hybridized carbons (Fsp3) is 0.559. The quantitative estimate of drug-likeness (QED) is 0.201. The molecule has 3 atom stereocenters. The van der Waals surface area contributed by atoms with Gasteiger partial charge in [-0.2, -0.15) is 0 Å². The average molecular weight is 582 g/mol. The van der Waals surface area contributed by atoms with E-state index in [9.17, 15) is 19.5 Å². The third kappa shape index (κ3) is 11.0. The SMILES string of the molecule is CCCCCCCN(C(=O)C(NC(=O)OC(C)(C)C)C(C)CC)C(C(=O)NCc1ccccc1)c1ccc(O)c(C)c1. The number of ether oxygens (including phenoxy) is 1. The molecule has 2 aromatic carbocycles. The maximum atomic E-state index is 14.4. The van der Waals surface area contributed by atoms with Crippen LogP contribution in [-0.4, -0.2) is 46.1 Å². The van der Waals surface area contributed by atoms with Gasteiger partial charge in [0.1, 0.15) is 23.4 Å². The molecular weight excluding hydrogens is 530 g/mol. The lowest BCUT2D eigenvalue weighted by Gasteiger charge is -2.36. The smallest absolute Gasteiger partial charge is 0.408 e. The number of amides is 3. The van der Waals surface area contributed by atoms with Crippen LogP contribution in [0.15, 0.2) is 48.5 Å². The number of carbonyl (C=O) groups is 3. The number of hydrogen-bond acceptors (Lipinski definition) is 5. The van der Waals surface area contributed by atoms with Crippen molar-refractivity contribution in [3.63, 3.8) is 0 Å². The van der Waals surface area contributed by atoms with E-state index in [1.807, 2.05) is 44.2 Å². The topological polar surface area (TPSA) is 108 Å². The van der Waals surface area contributed by atoms with Crippen LogP contribution in [0.5, 0.6) is 5.75 Å². The van der Waals surface area contributed by atoms with Crippen LogP contribution in [0.1, 0.15) is 103 Å². The Balaban J connectivity index is 2.52. The van der Waals surface area contributed by atoms with Gasteiger partial charge in [-0.05, 0) is 68.9 Å². The third-order valence-corrected chi connectivity index (χ3v) is 7.34. The highest BCUT2D eigenvalue weighted by Crippen LogP contribution is 2.29. The summed E-state index contributed by atoms with van der Waals surface area (Å²) in [5.74, 6) is -0.756. The molecule has 0 aliphatic rings. The van der Waals surface area contributed by atoms with Crippen LogP contribution in [0, 0.1) is 12.8 Å². The van der Waals surface area contributed by atoms with Crippen molar-refractivity contribution in [2.24, 2.45) is 5.92 Å². The van der Waals surface area contributed by atoms with Crippen LogP contribution < -0.4 is 10.6 Å². The summed E-state index contributed by atoms with van der Waals surface area (Å²) in [5.41, 5.74) is 1.41. The lowest BCUT2D eigenvalue weighted by atomic mass is 9.95. The van der Waals surface area contributed by atoms with Gasteiger partial charge in [-0.3, -0.25) is 9.59 Å². The first-order valence-corrected chi connectivity index (χ1v) is 15.3. The molecule has 0 radical (unpaired) electrons. The molecule has 0 aromatic heterocycles. The second kappa shape index (κ2) is 16.8. The first-order chi connectivity index (χ1) is 19.9. The van der Waals surface area contributed by atoms with Crippen molar-refractivity contribution < 1.29 is 24.2 Å². The van der Waals surface area contributed by atoms with E-state index in [-0.39, 0.29) is 23.5 Å². The molecule has 232 valence electrons. The van der Waals surface area contributed by atoms with Crippen LogP contribution in [0.3, 0.4) is 0 Å². The highest BCUT2D eigenvalue weighted by molar-refractivity contribution is 5.92. The lowest BCUT2D eigenvalue weighted by Crippen LogP contribution is -2.55. The average Bonchev–Trinajstić information content (AvgIpc) is 2.94. The maximum absolute atomic E-state index is 14.4. The Labute approximate surface area is 252 Å². The standard InChI is InChI=1S/C34H51N3O5/c1-8-10-11-12-16-21-37(32(40)29(24(3)9-2)36-33(41)42-34(5,6)7)30(27-19-20-28(38)25(4)22-27)31(39)35-23-26-17-14-13-15-18-26/h13-15,17-20,22,24,29-30,38H,8-12,16,21,23H2,1-7H3,(H,35,39)(H,36,41). The molecule has 8 nitrogen and oxygen atoms in total. The molecule has 3 unspecified atom stereocenters. The number of alkyl carbamates (subject to hydrolysis) is 1. The molecule has 0 bridgehead atoms. The van der Waals surface area contributed by atoms with Gasteiger partial charge in [-0.25, -0.2) is 4.79 Å². The number of carbonyl (C=O) groups excluding carboxylic acids is 3. The number of hydrogen-bond donors (Lipinski definition) is 3. The Morgan fingerprint density at radius 1 is 0.976 bits per heavy atom. The zero-order valence-electron chi connectivity index (χ0n) is 26.5. The third-order valence-electron chi connectivity index (χ3n) is 7.34. The summed E-state index contributed by atoms with van der Waals surface area (Å²) in [4.78, 5) is 42.9. The van der Waals surface area contributed by atoms with Gasteiger partial charge in [0.2, 0.25) is 11.8 Å². The van der Waals surface area contributed by atoms with Crippen LogP contribution in [-0.2, 0) is 20.9 Å². The number of phenolic OH excluding ortho intramolecular Hbond substituents is 1. The normalized spacial score (nSPS) is 13.5. The van der Waals surface area contributed by atoms with Crippen LogP contribution in [0.4, 0.5) is 4.79 Å². The maximum Gasteiger partial charge on any atom is 0.408 e. The van der Waals surface area contributed by atoms with Gasteiger partial charge in [-0.1, -0.05) is 89.3 Å². The fourth-order valence-electron chi connectivity index (χ4n) is 4.75. The van der Waals surface area contributed by atoms with Crippen molar-refractivity contribution >= 4 is 17.9 Å². The minimum absolute atomic E-state index is 0.115. The summed E-state index contributed by atoms with van der Waals surface area (Å²) < 4.78 is 5.50. The van der Waals surface area contributed by atoms with Crippen molar-refractivity contribution in [3.8, 4) is 5.75 Å². The molecule has 42 heavy (non-hydrogen) atoms.